The second kappa shape index (κ2) is 58.4. The standard InChI is InChI=1S/C64H112O6/c1-4-7-10-13-16-19-22-25-28-31-34-36-39-42-45-48-51-54-57-63(66)69-60-61(70-64(67)58-55-52-49-46-43-40-37-33-30-27-24-21-18-15-12-9-6-3)59-68-62(65)56-53-50-47-44-41-38-35-32-29-26-23-20-17-14-11-8-5-2/h9,12,17-18,20-21,26-27,29-30,37,40,61H,4-8,10-11,13-16,19,22-25,28,31-36,38-39,41-60H2,1-3H3/b12-9-,20-17-,21-18-,29-26-,30-27-,40-37-. The molecule has 70 heavy (non-hydrogen) atoms. The zero-order valence-corrected chi connectivity index (χ0v) is 46.3. The third kappa shape index (κ3) is 55.8. The number of allylic oxidation sites excluding steroid dienone is 12. The Morgan fingerprint density at radius 1 is 0.300 bits per heavy atom. The molecule has 0 aliphatic rings. The minimum Gasteiger partial charge on any atom is -0.462 e. The van der Waals surface area contributed by atoms with Crippen molar-refractivity contribution in [2.45, 2.75) is 303 Å². The van der Waals surface area contributed by atoms with E-state index in [0.717, 1.165) is 109 Å². The minimum atomic E-state index is -0.791. The summed E-state index contributed by atoms with van der Waals surface area (Å²) in [5, 5.41) is 0. The molecule has 1 unspecified atom stereocenters. The quantitative estimate of drug-likeness (QED) is 0.0261. The molecule has 0 amide bonds. The lowest BCUT2D eigenvalue weighted by Crippen LogP contribution is -2.30. The van der Waals surface area contributed by atoms with E-state index in [0.29, 0.717) is 19.3 Å². The van der Waals surface area contributed by atoms with Crippen LogP contribution in [0, 0.1) is 0 Å². The third-order valence-corrected chi connectivity index (χ3v) is 12.9. The number of esters is 3. The van der Waals surface area contributed by atoms with E-state index < -0.39 is 6.10 Å². The van der Waals surface area contributed by atoms with Crippen LogP contribution >= 0.6 is 0 Å². The highest BCUT2D eigenvalue weighted by Gasteiger charge is 2.19. The number of rotatable bonds is 54. The number of hydrogen-bond acceptors (Lipinski definition) is 6. The van der Waals surface area contributed by atoms with Crippen molar-refractivity contribution in [1.82, 2.24) is 0 Å². The molecule has 0 radical (unpaired) electrons. The van der Waals surface area contributed by atoms with E-state index in [4.69, 9.17) is 14.2 Å². The van der Waals surface area contributed by atoms with Gasteiger partial charge in [-0.3, -0.25) is 14.4 Å². The van der Waals surface area contributed by atoms with Gasteiger partial charge < -0.3 is 14.2 Å². The van der Waals surface area contributed by atoms with Crippen LogP contribution in [0.1, 0.15) is 297 Å². The van der Waals surface area contributed by atoms with Gasteiger partial charge in [0.2, 0.25) is 0 Å². The highest BCUT2D eigenvalue weighted by atomic mass is 16.6. The van der Waals surface area contributed by atoms with Crippen LogP contribution in [0.2, 0.25) is 0 Å². The Bertz CT molecular complexity index is 1310. The number of unbranched alkanes of at least 4 members (excludes halogenated alkanes) is 31. The van der Waals surface area contributed by atoms with Gasteiger partial charge in [0.1, 0.15) is 13.2 Å². The molecule has 0 aliphatic heterocycles. The summed E-state index contributed by atoms with van der Waals surface area (Å²) in [4.78, 5) is 38.2. The lowest BCUT2D eigenvalue weighted by molar-refractivity contribution is -0.167. The molecule has 0 heterocycles. The van der Waals surface area contributed by atoms with Crippen molar-refractivity contribution in [2.24, 2.45) is 0 Å². The fraction of sp³-hybridized carbons (Fsp3) is 0.766. The monoisotopic (exact) mass is 977 g/mol. The molecule has 0 aromatic heterocycles. The largest absolute Gasteiger partial charge is 0.462 e. The molecule has 0 bridgehead atoms. The average molecular weight is 978 g/mol. The summed E-state index contributed by atoms with van der Waals surface area (Å²) in [6.07, 6.45) is 74.6. The summed E-state index contributed by atoms with van der Waals surface area (Å²) in [7, 11) is 0. The first-order valence-electron chi connectivity index (χ1n) is 29.9. The Kier molecular flexibility index (Phi) is 55.8. The zero-order valence-electron chi connectivity index (χ0n) is 46.3. The molecule has 0 spiro atoms. The fourth-order valence-electron chi connectivity index (χ4n) is 8.47. The lowest BCUT2D eigenvalue weighted by Gasteiger charge is -2.18. The summed E-state index contributed by atoms with van der Waals surface area (Å²) in [6, 6.07) is 0. The highest BCUT2D eigenvalue weighted by molar-refractivity contribution is 5.71. The van der Waals surface area contributed by atoms with Crippen LogP contribution < -0.4 is 0 Å². The van der Waals surface area contributed by atoms with E-state index >= 15 is 0 Å². The first-order valence-corrected chi connectivity index (χ1v) is 29.9. The van der Waals surface area contributed by atoms with E-state index in [1.165, 1.54) is 148 Å². The number of carbonyl (C=O) groups is 3. The molecule has 0 aliphatic carbocycles. The van der Waals surface area contributed by atoms with E-state index in [1.807, 2.05) is 0 Å². The van der Waals surface area contributed by atoms with Gasteiger partial charge in [-0.1, -0.05) is 261 Å². The molecule has 404 valence electrons. The normalized spacial score (nSPS) is 12.6. The molecule has 0 aromatic carbocycles. The summed E-state index contributed by atoms with van der Waals surface area (Å²) in [6.45, 7) is 6.51. The number of hydrogen-bond donors (Lipinski definition) is 0. The summed E-state index contributed by atoms with van der Waals surface area (Å²) >= 11 is 0. The van der Waals surface area contributed by atoms with Crippen molar-refractivity contribution in [1.29, 1.82) is 0 Å². The van der Waals surface area contributed by atoms with Gasteiger partial charge in [0.25, 0.3) is 0 Å². The molecule has 0 saturated heterocycles. The lowest BCUT2D eigenvalue weighted by atomic mass is 10.0. The SMILES string of the molecule is CC/C=C\C/C=C\C/C=C\C/C=C\CCCCCCC(=O)OC(COC(=O)CCCCCCCCC/C=C\C/C=C\CCCCC)COC(=O)CCCCCCCCCCCCCCCCCCCC. The van der Waals surface area contributed by atoms with Crippen molar-refractivity contribution >= 4 is 17.9 Å². The van der Waals surface area contributed by atoms with E-state index in [-0.39, 0.29) is 31.1 Å². The van der Waals surface area contributed by atoms with Crippen LogP contribution in [0.4, 0.5) is 0 Å². The predicted octanol–water partition coefficient (Wildman–Crippen LogP) is 20.2. The number of carbonyl (C=O) groups excluding carboxylic acids is 3. The molecule has 0 rings (SSSR count). The van der Waals surface area contributed by atoms with Crippen LogP contribution in [0.15, 0.2) is 72.9 Å². The average Bonchev–Trinajstić information content (AvgIpc) is 3.36. The van der Waals surface area contributed by atoms with Gasteiger partial charge in [0, 0.05) is 19.3 Å². The fourth-order valence-corrected chi connectivity index (χ4v) is 8.47. The third-order valence-electron chi connectivity index (χ3n) is 12.9. The Balaban J connectivity index is 4.41. The van der Waals surface area contributed by atoms with E-state index in [1.54, 1.807) is 0 Å². The van der Waals surface area contributed by atoms with Crippen LogP contribution in [0.25, 0.3) is 0 Å². The minimum absolute atomic E-state index is 0.0856. The molecular formula is C64H112O6. The second-order valence-corrected chi connectivity index (χ2v) is 19.9. The topological polar surface area (TPSA) is 78.9 Å². The van der Waals surface area contributed by atoms with Gasteiger partial charge in [-0.25, -0.2) is 0 Å². The van der Waals surface area contributed by atoms with E-state index in [2.05, 4.69) is 93.7 Å². The summed E-state index contributed by atoms with van der Waals surface area (Å²) in [5.74, 6) is -0.905. The predicted molar refractivity (Wildman–Crippen MR) is 302 cm³/mol. The zero-order chi connectivity index (χ0) is 50.7. The Morgan fingerprint density at radius 3 is 0.900 bits per heavy atom. The Hall–Kier alpha value is -3.15. The molecule has 0 aromatic rings. The molecule has 0 N–H and O–H groups in total. The number of ether oxygens (including phenoxy) is 3. The van der Waals surface area contributed by atoms with Crippen LogP contribution in [0.3, 0.4) is 0 Å². The summed E-state index contributed by atoms with van der Waals surface area (Å²) < 4.78 is 16.9. The van der Waals surface area contributed by atoms with Crippen LogP contribution in [-0.4, -0.2) is 37.2 Å². The van der Waals surface area contributed by atoms with Crippen molar-refractivity contribution in [3.63, 3.8) is 0 Å². The van der Waals surface area contributed by atoms with Crippen LogP contribution in [-0.2, 0) is 28.6 Å². The van der Waals surface area contributed by atoms with Gasteiger partial charge in [-0.15, -0.1) is 0 Å². The smallest absolute Gasteiger partial charge is 0.306 e. The molecule has 6 heteroatoms. The van der Waals surface area contributed by atoms with Crippen molar-refractivity contribution in [2.75, 3.05) is 13.2 Å². The second-order valence-electron chi connectivity index (χ2n) is 19.9. The van der Waals surface area contributed by atoms with Gasteiger partial charge in [-0.05, 0) is 89.9 Å². The molecular weight excluding hydrogens is 865 g/mol. The first kappa shape index (κ1) is 66.9. The Labute approximate surface area is 433 Å². The van der Waals surface area contributed by atoms with E-state index in [9.17, 15) is 14.4 Å². The van der Waals surface area contributed by atoms with Crippen LogP contribution in [0.5, 0.6) is 0 Å². The molecule has 0 saturated carbocycles. The highest BCUT2D eigenvalue weighted by Crippen LogP contribution is 2.16. The maximum absolute atomic E-state index is 12.9. The van der Waals surface area contributed by atoms with Gasteiger partial charge in [0.05, 0.1) is 0 Å². The molecule has 0 fully saturated rings. The molecule has 1 atom stereocenters. The van der Waals surface area contributed by atoms with Gasteiger partial charge in [0.15, 0.2) is 6.10 Å². The molecule has 6 nitrogen and oxygen atoms in total. The van der Waals surface area contributed by atoms with Gasteiger partial charge >= 0.3 is 17.9 Å². The van der Waals surface area contributed by atoms with Crippen molar-refractivity contribution in [3.05, 3.63) is 72.9 Å². The summed E-state index contributed by atoms with van der Waals surface area (Å²) in [5.41, 5.74) is 0. The van der Waals surface area contributed by atoms with Crippen molar-refractivity contribution in [3.8, 4) is 0 Å². The maximum atomic E-state index is 12.9. The first-order chi connectivity index (χ1) is 34.5. The van der Waals surface area contributed by atoms with Gasteiger partial charge in [-0.2, -0.15) is 0 Å². The maximum Gasteiger partial charge on any atom is 0.306 e. The van der Waals surface area contributed by atoms with Crippen molar-refractivity contribution < 1.29 is 28.6 Å². The Morgan fingerprint density at radius 2 is 0.557 bits per heavy atom.